The van der Waals surface area contributed by atoms with E-state index in [2.05, 4.69) is 26.8 Å². The number of anilines is 1. The second-order valence-electron chi connectivity index (χ2n) is 5.59. The van der Waals surface area contributed by atoms with Crippen molar-refractivity contribution in [1.82, 2.24) is 15.0 Å². The van der Waals surface area contributed by atoms with E-state index in [1.807, 2.05) is 6.92 Å². The lowest BCUT2D eigenvalue weighted by Crippen LogP contribution is -2.02. The highest BCUT2D eigenvalue weighted by Crippen LogP contribution is 2.27. The third kappa shape index (κ3) is 4.05. The number of nitrogens with two attached hydrogens (primary N) is 1. The molecule has 3 rings (SSSR count). The Morgan fingerprint density at radius 3 is 2.63 bits per heavy atom. The van der Waals surface area contributed by atoms with Gasteiger partial charge in [-0.3, -0.25) is 0 Å². The molecule has 0 spiro atoms. The van der Waals surface area contributed by atoms with Crippen LogP contribution in [0.5, 0.6) is 0 Å². The molecule has 6 nitrogen and oxygen atoms in total. The molecule has 0 radical (unpaired) electrons. The minimum atomic E-state index is -0.499. The summed E-state index contributed by atoms with van der Waals surface area (Å²) >= 11 is 6.23. The zero-order valence-corrected chi connectivity index (χ0v) is 15.4. The quantitative estimate of drug-likeness (QED) is 0.543. The summed E-state index contributed by atoms with van der Waals surface area (Å²) in [5, 5.41) is 0.275. The summed E-state index contributed by atoms with van der Waals surface area (Å²) in [6.45, 7) is 1.85. The summed E-state index contributed by atoms with van der Waals surface area (Å²) in [5.41, 5.74) is 9.33. The maximum Gasteiger partial charge on any atom is 0.339 e. The number of carbonyl (C=O) groups excluding carboxylic acids is 1. The van der Waals surface area contributed by atoms with Gasteiger partial charge in [0.2, 0.25) is 0 Å². The Hall–Kier alpha value is -3.43. The Labute approximate surface area is 161 Å². The van der Waals surface area contributed by atoms with Crippen molar-refractivity contribution < 1.29 is 9.53 Å². The third-order valence-corrected chi connectivity index (χ3v) is 4.12. The first kappa shape index (κ1) is 18.4. The Balaban J connectivity index is 2.05. The van der Waals surface area contributed by atoms with E-state index in [4.69, 9.17) is 22.1 Å². The molecule has 0 saturated carbocycles. The standard InChI is InChI=1S/C20H15ClN4O2/c1-12-15(6-3-13-4-8-18(22)23-10-13)19(25-11-24-12)14-5-7-16(17(21)9-14)20(26)27-2/h4-5,7-11H,1-2H3,(H2,22,23). The molecule has 0 saturated heterocycles. The van der Waals surface area contributed by atoms with E-state index in [-0.39, 0.29) is 10.6 Å². The number of pyridine rings is 1. The zero-order valence-electron chi connectivity index (χ0n) is 14.7. The normalized spacial score (nSPS) is 10.0. The fourth-order valence-electron chi connectivity index (χ4n) is 2.39. The number of esters is 1. The summed E-state index contributed by atoms with van der Waals surface area (Å²) in [4.78, 5) is 24.3. The van der Waals surface area contributed by atoms with Crippen LogP contribution >= 0.6 is 11.6 Å². The molecule has 27 heavy (non-hydrogen) atoms. The van der Waals surface area contributed by atoms with Crippen LogP contribution in [0, 0.1) is 18.8 Å². The van der Waals surface area contributed by atoms with Crippen molar-refractivity contribution in [3.05, 3.63) is 70.3 Å². The van der Waals surface area contributed by atoms with Crippen LogP contribution in [0.2, 0.25) is 5.02 Å². The Bertz CT molecular complexity index is 1070. The number of hydrogen-bond donors (Lipinski definition) is 1. The minimum Gasteiger partial charge on any atom is -0.465 e. The van der Waals surface area contributed by atoms with Crippen LogP contribution in [0.15, 0.2) is 42.9 Å². The number of halogens is 1. The molecule has 7 heteroatoms. The van der Waals surface area contributed by atoms with Gasteiger partial charge >= 0.3 is 5.97 Å². The van der Waals surface area contributed by atoms with Crippen molar-refractivity contribution in [2.45, 2.75) is 6.92 Å². The van der Waals surface area contributed by atoms with Crippen LogP contribution < -0.4 is 5.73 Å². The van der Waals surface area contributed by atoms with Crippen molar-refractivity contribution in [3.8, 4) is 23.1 Å². The van der Waals surface area contributed by atoms with Crippen LogP contribution in [0.25, 0.3) is 11.3 Å². The van der Waals surface area contributed by atoms with Gasteiger partial charge in [-0.05, 0) is 31.2 Å². The molecule has 0 aliphatic heterocycles. The lowest BCUT2D eigenvalue weighted by atomic mass is 10.0. The van der Waals surface area contributed by atoms with E-state index in [0.717, 1.165) is 16.8 Å². The molecule has 0 unspecified atom stereocenters. The molecular formula is C20H15ClN4O2. The van der Waals surface area contributed by atoms with Gasteiger partial charge in [0.15, 0.2) is 0 Å². The number of hydrogen-bond acceptors (Lipinski definition) is 6. The van der Waals surface area contributed by atoms with E-state index in [0.29, 0.717) is 17.1 Å². The number of nitrogen functional groups attached to an aromatic ring is 1. The van der Waals surface area contributed by atoms with E-state index in [9.17, 15) is 4.79 Å². The number of nitrogens with zero attached hydrogens (tertiary/aromatic N) is 3. The first-order valence-corrected chi connectivity index (χ1v) is 8.30. The average Bonchev–Trinajstić information content (AvgIpc) is 2.67. The molecule has 2 N–H and O–H groups in total. The maximum absolute atomic E-state index is 11.7. The number of carbonyl (C=O) groups is 1. The zero-order chi connectivity index (χ0) is 19.4. The molecule has 0 aliphatic carbocycles. The number of ether oxygens (including phenoxy) is 1. The number of aromatic nitrogens is 3. The molecule has 0 atom stereocenters. The first-order chi connectivity index (χ1) is 13.0. The van der Waals surface area contributed by atoms with Crippen LogP contribution in [0.4, 0.5) is 5.82 Å². The molecule has 0 bridgehead atoms. The minimum absolute atomic E-state index is 0.275. The van der Waals surface area contributed by atoms with Crippen molar-refractivity contribution in [2.75, 3.05) is 12.8 Å². The highest BCUT2D eigenvalue weighted by Gasteiger charge is 2.14. The second kappa shape index (κ2) is 7.85. The summed E-state index contributed by atoms with van der Waals surface area (Å²) < 4.78 is 4.72. The van der Waals surface area contributed by atoms with Crippen molar-refractivity contribution in [2.24, 2.45) is 0 Å². The lowest BCUT2D eigenvalue weighted by molar-refractivity contribution is 0.0601. The highest BCUT2D eigenvalue weighted by molar-refractivity contribution is 6.33. The van der Waals surface area contributed by atoms with Crippen LogP contribution in [0.3, 0.4) is 0 Å². The van der Waals surface area contributed by atoms with Gasteiger partial charge in [-0.1, -0.05) is 29.5 Å². The molecular weight excluding hydrogens is 364 g/mol. The predicted molar refractivity (Wildman–Crippen MR) is 103 cm³/mol. The molecule has 0 aliphatic rings. The SMILES string of the molecule is COC(=O)c1ccc(-c2ncnc(C)c2C#Cc2ccc(N)nc2)cc1Cl. The third-order valence-electron chi connectivity index (χ3n) is 3.80. The fraction of sp³-hybridized carbons (Fsp3) is 0.100. The number of aryl methyl sites for hydroxylation is 1. The molecule has 2 aromatic heterocycles. The number of methoxy groups -OCH3 is 1. The topological polar surface area (TPSA) is 91.0 Å². The molecule has 3 aromatic rings. The van der Waals surface area contributed by atoms with Gasteiger partial charge < -0.3 is 10.5 Å². The van der Waals surface area contributed by atoms with Gasteiger partial charge in [0.05, 0.1) is 34.6 Å². The molecule has 0 fully saturated rings. The smallest absolute Gasteiger partial charge is 0.339 e. The van der Waals surface area contributed by atoms with Crippen molar-refractivity contribution in [3.63, 3.8) is 0 Å². The molecule has 2 heterocycles. The second-order valence-corrected chi connectivity index (χ2v) is 6.00. The van der Waals surface area contributed by atoms with Crippen LogP contribution in [0.1, 0.15) is 27.2 Å². The van der Waals surface area contributed by atoms with Gasteiger partial charge in [-0.25, -0.2) is 19.7 Å². The summed E-state index contributed by atoms with van der Waals surface area (Å²) in [6, 6.07) is 8.48. The maximum atomic E-state index is 11.7. The Morgan fingerprint density at radius 2 is 1.96 bits per heavy atom. The van der Waals surface area contributed by atoms with Gasteiger partial charge in [-0.15, -0.1) is 0 Å². The highest BCUT2D eigenvalue weighted by atomic mass is 35.5. The number of benzene rings is 1. The fourth-order valence-corrected chi connectivity index (χ4v) is 2.65. The van der Waals surface area contributed by atoms with Gasteiger partial charge in [-0.2, -0.15) is 0 Å². The van der Waals surface area contributed by atoms with Crippen LogP contribution in [-0.2, 0) is 4.74 Å². The summed E-state index contributed by atoms with van der Waals surface area (Å²) in [7, 11) is 1.31. The summed E-state index contributed by atoms with van der Waals surface area (Å²) in [6.07, 6.45) is 3.06. The van der Waals surface area contributed by atoms with E-state index in [1.54, 1.807) is 36.5 Å². The van der Waals surface area contributed by atoms with Crippen molar-refractivity contribution >= 4 is 23.4 Å². The Morgan fingerprint density at radius 1 is 1.15 bits per heavy atom. The summed E-state index contributed by atoms with van der Waals surface area (Å²) in [5.74, 6) is 6.06. The molecule has 134 valence electrons. The van der Waals surface area contributed by atoms with Gasteiger partial charge in [0.25, 0.3) is 0 Å². The largest absolute Gasteiger partial charge is 0.465 e. The van der Waals surface area contributed by atoms with Crippen molar-refractivity contribution in [1.29, 1.82) is 0 Å². The monoisotopic (exact) mass is 378 g/mol. The average molecular weight is 379 g/mol. The van der Waals surface area contributed by atoms with E-state index in [1.165, 1.54) is 13.4 Å². The van der Waals surface area contributed by atoms with Gasteiger partial charge in [0, 0.05) is 17.3 Å². The van der Waals surface area contributed by atoms with E-state index < -0.39 is 5.97 Å². The van der Waals surface area contributed by atoms with E-state index >= 15 is 0 Å². The predicted octanol–water partition coefficient (Wildman–Crippen LogP) is 3.27. The molecule has 1 aromatic carbocycles. The van der Waals surface area contributed by atoms with Gasteiger partial charge in [0.1, 0.15) is 12.1 Å². The first-order valence-electron chi connectivity index (χ1n) is 7.93. The molecule has 0 amide bonds. The number of rotatable bonds is 2. The Kier molecular flexibility index (Phi) is 5.34. The lowest BCUT2D eigenvalue weighted by Gasteiger charge is -2.08. The van der Waals surface area contributed by atoms with Crippen LogP contribution in [-0.4, -0.2) is 28.0 Å².